The molecule has 1 aromatic heterocycles. The number of aliphatic carboxylic acids is 1. The van der Waals surface area contributed by atoms with Crippen molar-refractivity contribution in [1.82, 2.24) is 14.9 Å². The van der Waals surface area contributed by atoms with E-state index in [1.807, 2.05) is 0 Å². The molecule has 0 saturated carbocycles. The van der Waals surface area contributed by atoms with Gasteiger partial charge in [0.1, 0.15) is 6.54 Å². The topological polar surface area (TPSA) is 69.6 Å². The number of aromatic nitrogens is 2. The average Bonchev–Trinajstić information content (AvgIpc) is 2.66. The van der Waals surface area contributed by atoms with Gasteiger partial charge in [-0.05, 0) is 25.3 Å². The molecule has 0 aliphatic carbocycles. The van der Waals surface area contributed by atoms with E-state index in [9.17, 15) is 4.79 Å². The highest BCUT2D eigenvalue weighted by atomic mass is 16.4. The zero-order chi connectivity index (χ0) is 15.6. The molecule has 2 rings (SSSR count). The highest BCUT2D eigenvalue weighted by Gasteiger charge is 2.36. The number of hydrogen-bond donors (Lipinski definition) is 1. The Balaban J connectivity index is 1.98. The van der Waals surface area contributed by atoms with Crippen LogP contribution in [0.1, 0.15) is 32.8 Å². The molecule has 1 aromatic rings. The summed E-state index contributed by atoms with van der Waals surface area (Å²) in [5.74, 6) is -0.450. The molecule has 0 radical (unpaired) electrons. The molecule has 1 atom stereocenters. The van der Waals surface area contributed by atoms with E-state index >= 15 is 0 Å². The molecule has 1 N–H and O–H groups in total. The van der Waals surface area contributed by atoms with E-state index in [-0.39, 0.29) is 6.54 Å². The molecular weight excluding hydrogens is 268 g/mol. The molecule has 116 valence electrons. The van der Waals surface area contributed by atoms with Crippen LogP contribution in [0, 0.1) is 5.41 Å². The Morgan fingerprint density at radius 2 is 2.10 bits per heavy atom. The molecule has 21 heavy (non-hydrogen) atoms. The number of hydrogen-bond acceptors (Lipinski definition) is 5. The Hall–Kier alpha value is -1.69. The first-order chi connectivity index (χ1) is 9.79. The lowest BCUT2D eigenvalue weighted by atomic mass is 9.86. The van der Waals surface area contributed by atoms with Gasteiger partial charge >= 0.3 is 5.97 Å². The normalized spacial score (nSPS) is 21.4. The van der Waals surface area contributed by atoms with Crippen molar-refractivity contribution in [3.63, 3.8) is 0 Å². The summed E-state index contributed by atoms with van der Waals surface area (Å²) in [4.78, 5) is 23.2. The predicted molar refractivity (Wildman–Crippen MR) is 81.2 cm³/mol. The molecule has 6 nitrogen and oxygen atoms in total. The molecule has 2 heterocycles. The second kappa shape index (κ2) is 5.97. The van der Waals surface area contributed by atoms with Crippen molar-refractivity contribution in [2.45, 2.75) is 39.8 Å². The first-order valence-electron chi connectivity index (χ1n) is 7.27. The van der Waals surface area contributed by atoms with Crippen molar-refractivity contribution in [3.8, 4) is 0 Å². The van der Waals surface area contributed by atoms with Gasteiger partial charge in [-0.25, -0.2) is 9.97 Å². The Morgan fingerprint density at radius 1 is 1.48 bits per heavy atom. The van der Waals surface area contributed by atoms with Crippen molar-refractivity contribution >= 4 is 11.9 Å². The van der Waals surface area contributed by atoms with E-state index in [0.29, 0.717) is 17.4 Å². The Morgan fingerprint density at radius 3 is 2.57 bits per heavy atom. The third-order valence-electron chi connectivity index (χ3n) is 4.51. The number of carboxylic acid groups (broad SMARTS) is 1. The molecular formula is C15H24N4O2. The van der Waals surface area contributed by atoms with E-state index in [0.717, 1.165) is 18.7 Å². The van der Waals surface area contributed by atoms with Crippen LogP contribution in [0.2, 0.25) is 0 Å². The summed E-state index contributed by atoms with van der Waals surface area (Å²) in [6.07, 6.45) is 4.78. The maximum absolute atomic E-state index is 10.7. The number of likely N-dealkylation sites (tertiary alicyclic amines) is 1. The minimum Gasteiger partial charge on any atom is -0.480 e. The summed E-state index contributed by atoms with van der Waals surface area (Å²) < 4.78 is 0. The van der Waals surface area contributed by atoms with Crippen LogP contribution >= 0.6 is 0 Å². The number of likely N-dealkylation sites (N-methyl/N-ethyl adjacent to an activating group) is 1. The molecule has 1 fully saturated rings. The molecule has 1 saturated heterocycles. The van der Waals surface area contributed by atoms with Gasteiger partial charge in [0.05, 0.1) is 0 Å². The van der Waals surface area contributed by atoms with Gasteiger partial charge in [-0.2, -0.15) is 0 Å². The van der Waals surface area contributed by atoms with Gasteiger partial charge in [-0.15, -0.1) is 0 Å². The van der Waals surface area contributed by atoms with Crippen molar-refractivity contribution in [2.24, 2.45) is 5.41 Å². The van der Waals surface area contributed by atoms with Gasteiger partial charge in [0.25, 0.3) is 0 Å². The van der Waals surface area contributed by atoms with E-state index in [2.05, 4.69) is 35.6 Å². The first-order valence-corrected chi connectivity index (χ1v) is 7.27. The molecule has 0 unspecified atom stereocenters. The summed E-state index contributed by atoms with van der Waals surface area (Å²) in [7, 11) is 1.67. The lowest BCUT2D eigenvalue weighted by Crippen LogP contribution is -2.33. The Bertz CT molecular complexity index is 501. The molecule has 1 aliphatic heterocycles. The summed E-state index contributed by atoms with van der Waals surface area (Å²) in [6, 6.07) is 0.534. The fourth-order valence-corrected chi connectivity index (χ4v) is 2.68. The standard InChI is InChI=1S/C15H24N4O2/c1-11-15(2,3)5-6-19(11)9-12-7-16-14(17-8-12)18(4)10-13(20)21/h7-8,11H,5-6,9-10H2,1-4H3,(H,20,21)/t11-/m1/s1. The quantitative estimate of drug-likeness (QED) is 0.889. The number of carboxylic acids is 1. The molecule has 0 bridgehead atoms. The fourth-order valence-electron chi connectivity index (χ4n) is 2.68. The monoisotopic (exact) mass is 292 g/mol. The zero-order valence-corrected chi connectivity index (χ0v) is 13.2. The van der Waals surface area contributed by atoms with Crippen molar-refractivity contribution < 1.29 is 9.90 Å². The van der Waals surface area contributed by atoms with Crippen molar-refractivity contribution in [3.05, 3.63) is 18.0 Å². The fraction of sp³-hybridized carbons (Fsp3) is 0.667. The van der Waals surface area contributed by atoms with Crippen LogP contribution in [-0.2, 0) is 11.3 Å². The predicted octanol–water partition coefficient (Wildman–Crippen LogP) is 1.62. The highest BCUT2D eigenvalue weighted by Crippen LogP contribution is 2.36. The van der Waals surface area contributed by atoms with Crippen LogP contribution in [0.15, 0.2) is 12.4 Å². The van der Waals surface area contributed by atoms with E-state index in [1.54, 1.807) is 19.4 Å². The maximum atomic E-state index is 10.7. The molecule has 0 spiro atoms. The second-order valence-electron chi connectivity index (χ2n) is 6.53. The first kappa shape index (κ1) is 15.7. The summed E-state index contributed by atoms with van der Waals surface area (Å²) in [6.45, 7) is 8.71. The van der Waals surface area contributed by atoms with Crippen LogP contribution in [0.5, 0.6) is 0 Å². The SMILES string of the molecule is C[C@H]1N(Cc2cnc(N(C)CC(=O)O)nc2)CCC1(C)C. The number of carbonyl (C=O) groups is 1. The number of rotatable bonds is 5. The highest BCUT2D eigenvalue weighted by molar-refractivity contribution is 5.72. The van der Waals surface area contributed by atoms with Gasteiger partial charge in [0.2, 0.25) is 5.95 Å². The van der Waals surface area contributed by atoms with Crippen LogP contribution in [0.4, 0.5) is 5.95 Å². The number of nitrogens with zero attached hydrogens (tertiary/aromatic N) is 4. The third kappa shape index (κ3) is 3.69. The van der Waals surface area contributed by atoms with Gasteiger partial charge in [0.15, 0.2) is 0 Å². The molecule has 1 aliphatic rings. The summed E-state index contributed by atoms with van der Waals surface area (Å²) in [5.41, 5.74) is 1.41. The van der Waals surface area contributed by atoms with Gasteiger partial charge in [0, 0.05) is 37.6 Å². The van der Waals surface area contributed by atoms with Crippen molar-refractivity contribution in [1.29, 1.82) is 0 Å². The van der Waals surface area contributed by atoms with E-state index in [1.165, 1.54) is 11.3 Å². The zero-order valence-electron chi connectivity index (χ0n) is 13.2. The van der Waals surface area contributed by atoms with Gasteiger partial charge in [-0.1, -0.05) is 13.8 Å². The molecule has 0 aromatic carbocycles. The summed E-state index contributed by atoms with van der Waals surface area (Å²) in [5, 5.41) is 8.76. The van der Waals surface area contributed by atoms with Crippen LogP contribution < -0.4 is 4.90 Å². The maximum Gasteiger partial charge on any atom is 0.323 e. The minimum absolute atomic E-state index is 0.101. The van der Waals surface area contributed by atoms with Crippen LogP contribution in [0.25, 0.3) is 0 Å². The van der Waals surface area contributed by atoms with E-state index in [4.69, 9.17) is 5.11 Å². The lowest BCUT2D eigenvalue weighted by molar-refractivity contribution is -0.135. The van der Waals surface area contributed by atoms with Crippen LogP contribution in [-0.4, -0.2) is 52.1 Å². The van der Waals surface area contributed by atoms with Gasteiger partial charge in [-0.3, -0.25) is 9.69 Å². The molecule has 6 heteroatoms. The smallest absolute Gasteiger partial charge is 0.323 e. The van der Waals surface area contributed by atoms with Crippen molar-refractivity contribution in [2.75, 3.05) is 25.0 Å². The molecule has 0 amide bonds. The Kier molecular flexibility index (Phi) is 4.46. The van der Waals surface area contributed by atoms with Crippen LogP contribution in [0.3, 0.4) is 0 Å². The second-order valence-corrected chi connectivity index (χ2v) is 6.53. The largest absolute Gasteiger partial charge is 0.480 e. The Labute approximate surface area is 125 Å². The number of anilines is 1. The minimum atomic E-state index is -0.890. The summed E-state index contributed by atoms with van der Waals surface area (Å²) >= 11 is 0. The third-order valence-corrected chi connectivity index (χ3v) is 4.51. The van der Waals surface area contributed by atoms with Gasteiger partial charge < -0.3 is 10.0 Å². The average molecular weight is 292 g/mol. The van der Waals surface area contributed by atoms with E-state index < -0.39 is 5.97 Å². The lowest BCUT2D eigenvalue weighted by Gasteiger charge is -2.29.